The van der Waals surface area contributed by atoms with Gasteiger partial charge in [-0.1, -0.05) is 5.16 Å². The van der Waals surface area contributed by atoms with Crippen LogP contribution in [-0.2, 0) is 4.79 Å². The molecular weight excluding hydrogens is 294 g/mol. The summed E-state index contributed by atoms with van der Waals surface area (Å²) in [6.45, 7) is 3.35. The van der Waals surface area contributed by atoms with Gasteiger partial charge >= 0.3 is 0 Å². The van der Waals surface area contributed by atoms with Crippen LogP contribution in [0.3, 0.4) is 0 Å². The van der Waals surface area contributed by atoms with Gasteiger partial charge in [-0.3, -0.25) is 4.79 Å². The van der Waals surface area contributed by atoms with E-state index in [-0.39, 0.29) is 11.8 Å². The number of carbonyl (C=O) groups excluding carboxylic acids is 1. The molecule has 23 heavy (non-hydrogen) atoms. The van der Waals surface area contributed by atoms with Crippen LogP contribution in [0.4, 0.5) is 11.5 Å². The number of amides is 1. The smallest absolute Gasteiger partial charge is 0.228 e. The van der Waals surface area contributed by atoms with E-state index in [1.54, 1.807) is 25.3 Å². The average molecular weight is 311 g/mol. The predicted molar refractivity (Wildman–Crippen MR) is 83.8 cm³/mol. The highest BCUT2D eigenvalue weighted by atomic mass is 16.5. The molecule has 3 rings (SSSR count). The topological polar surface area (TPSA) is 95.1 Å². The monoisotopic (exact) mass is 311 g/mol. The van der Waals surface area contributed by atoms with E-state index in [9.17, 15) is 4.79 Å². The lowest BCUT2D eigenvalue weighted by atomic mass is 9.95. The number of rotatable bonds is 3. The van der Waals surface area contributed by atoms with Crippen molar-refractivity contribution in [1.29, 1.82) is 5.26 Å². The highest BCUT2D eigenvalue weighted by molar-refractivity contribution is 5.91. The lowest BCUT2D eigenvalue weighted by Crippen LogP contribution is -2.38. The van der Waals surface area contributed by atoms with Gasteiger partial charge in [-0.2, -0.15) is 5.26 Å². The van der Waals surface area contributed by atoms with Gasteiger partial charge in [-0.15, -0.1) is 0 Å². The molecule has 0 aliphatic carbocycles. The molecule has 3 heterocycles. The maximum atomic E-state index is 12.2. The Bertz CT molecular complexity index is 724. The number of nitriles is 1. The number of hydrogen-bond acceptors (Lipinski definition) is 6. The van der Waals surface area contributed by atoms with Crippen LogP contribution in [0.15, 0.2) is 28.9 Å². The number of aromatic nitrogens is 2. The van der Waals surface area contributed by atoms with E-state index in [0.717, 1.165) is 31.6 Å². The second-order valence-corrected chi connectivity index (χ2v) is 5.59. The molecule has 0 saturated carbocycles. The van der Waals surface area contributed by atoms with E-state index in [0.29, 0.717) is 17.3 Å². The molecular formula is C16H17N5O2. The first-order chi connectivity index (χ1) is 11.2. The fourth-order valence-corrected chi connectivity index (χ4v) is 2.69. The molecule has 2 aromatic rings. The molecule has 7 heteroatoms. The fraction of sp³-hybridized carbons (Fsp3) is 0.375. The van der Waals surface area contributed by atoms with Crippen molar-refractivity contribution in [3.63, 3.8) is 0 Å². The minimum atomic E-state index is -0.0328. The van der Waals surface area contributed by atoms with Crippen LogP contribution in [0.5, 0.6) is 0 Å². The lowest BCUT2D eigenvalue weighted by Gasteiger charge is -2.32. The number of anilines is 2. The van der Waals surface area contributed by atoms with Gasteiger partial charge in [-0.25, -0.2) is 4.98 Å². The zero-order chi connectivity index (χ0) is 16.2. The summed E-state index contributed by atoms with van der Waals surface area (Å²) >= 11 is 0. The number of carbonyl (C=O) groups is 1. The highest BCUT2D eigenvalue weighted by Crippen LogP contribution is 2.24. The summed E-state index contributed by atoms with van der Waals surface area (Å²) in [5.41, 5.74) is 1.39. The lowest BCUT2D eigenvalue weighted by molar-refractivity contribution is -0.120. The van der Waals surface area contributed by atoms with Crippen molar-refractivity contribution in [1.82, 2.24) is 10.1 Å². The Kier molecular flexibility index (Phi) is 4.24. The Balaban J connectivity index is 1.55. The van der Waals surface area contributed by atoms with Gasteiger partial charge in [0, 0.05) is 25.1 Å². The SMILES string of the molecule is Cc1cc(NC(=O)C2CCN(c3ccc(C#N)nc3)CC2)no1. The standard InChI is InChI=1S/C16H17N5O2/c1-11-8-15(20-23-11)19-16(22)12-4-6-21(7-5-12)14-3-2-13(9-17)18-10-14/h2-3,8,10,12H,4-7H2,1H3,(H,19,20,22). The number of piperidine rings is 1. The van der Waals surface area contributed by atoms with E-state index < -0.39 is 0 Å². The Labute approximate surface area is 133 Å². The van der Waals surface area contributed by atoms with Gasteiger partial charge < -0.3 is 14.7 Å². The molecule has 1 aliphatic heterocycles. The van der Waals surface area contributed by atoms with Gasteiger partial charge in [0.25, 0.3) is 0 Å². The third kappa shape index (κ3) is 3.48. The maximum Gasteiger partial charge on any atom is 0.228 e. The van der Waals surface area contributed by atoms with E-state index in [2.05, 4.69) is 20.4 Å². The number of aryl methyl sites for hydroxylation is 1. The first-order valence-corrected chi connectivity index (χ1v) is 7.51. The molecule has 1 amide bonds. The van der Waals surface area contributed by atoms with Crippen molar-refractivity contribution in [2.24, 2.45) is 5.92 Å². The molecule has 2 aromatic heterocycles. The number of nitrogens with one attached hydrogen (secondary N) is 1. The molecule has 0 spiro atoms. The Morgan fingerprint density at radius 2 is 2.22 bits per heavy atom. The molecule has 7 nitrogen and oxygen atoms in total. The Morgan fingerprint density at radius 1 is 1.43 bits per heavy atom. The van der Waals surface area contributed by atoms with E-state index in [1.807, 2.05) is 12.1 Å². The number of hydrogen-bond donors (Lipinski definition) is 1. The summed E-state index contributed by atoms with van der Waals surface area (Å²) in [6.07, 6.45) is 3.24. The molecule has 1 N–H and O–H groups in total. The zero-order valence-electron chi connectivity index (χ0n) is 12.8. The predicted octanol–water partition coefficient (Wildman–Crippen LogP) is 2.10. The number of pyridine rings is 1. The van der Waals surface area contributed by atoms with Crippen molar-refractivity contribution in [2.45, 2.75) is 19.8 Å². The first kappa shape index (κ1) is 15.0. The van der Waals surface area contributed by atoms with Crippen LogP contribution < -0.4 is 10.2 Å². The summed E-state index contributed by atoms with van der Waals surface area (Å²) in [4.78, 5) is 18.5. The van der Waals surface area contributed by atoms with Gasteiger partial charge in [0.15, 0.2) is 5.82 Å². The second kappa shape index (κ2) is 6.48. The van der Waals surface area contributed by atoms with E-state index in [1.165, 1.54) is 0 Å². The van der Waals surface area contributed by atoms with Crippen LogP contribution in [0.2, 0.25) is 0 Å². The molecule has 0 radical (unpaired) electrons. The second-order valence-electron chi connectivity index (χ2n) is 5.59. The van der Waals surface area contributed by atoms with E-state index in [4.69, 9.17) is 9.78 Å². The molecule has 0 unspecified atom stereocenters. The molecule has 118 valence electrons. The summed E-state index contributed by atoms with van der Waals surface area (Å²) < 4.78 is 4.94. The fourth-order valence-electron chi connectivity index (χ4n) is 2.69. The quantitative estimate of drug-likeness (QED) is 0.932. The van der Waals surface area contributed by atoms with Crippen molar-refractivity contribution in [3.8, 4) is 6.07 Å². The van der Waals surface area contributed by atoms with Gasteiger partial charge in [0.05, 0.1) is 11.9 Å². The minimum absolute atomic E-state index is 0.0177. The third-order valence-corrected chi connectivity index (χ3v) is 3.97. The molecule has 0 bridgehead atoms. The third-order valence-electron chi connectivity index (χ3n) is 3.97. The Hall–Kier alpha value is -2.88. The van der Waals surface area contributed by atoms with Crippen LogP contribution in [0.1, 0.15) is 24.3 Å². The average Bonchev–Trinajstić information content (AvgIpc) is 3.00. The molecule has 1 saturated heterocycles. The Morgan fingerprint density at radius 3 is 2.78 bits per heavy atom. The van der Waals surface area contributed by atoms with Gasteiger partial charge in [-0.05, 0) is 31.9 Å². The summed E-state index contributed by atoms with van der Waals surface area (Å²) in [5, 5.41) is 15.3. The van der Waals surface area contributed by atoms with Crippen LogP contribution in [0, 0.1) is 24.2 Å². The van der Waals surface area contributed by atoms with Crippen molar-refractivity contribution >= 4 is 17.4 Å². The van der Waals surface area contributed by atoms with Crippen LogP contribution >= 0.6 is 0 Å². The van der Waals surface area contributed by atoms with Crippen molar-refractivity contribution < 1.29 is 9.32 Å². The molecule has 0 atom stereocenters. The van der Waals surface area contributed by atoms with Crippen molar-refractivity contribution in [2.75, 3.05) is 23.3 Å². The zero-order valence-corrected chi connectivity index (χ0v) is 12.8. The van der Waals surface area contributed by atoms with Gasteiger partial charge in [0.2, 0.25) is 5.91 Å². The highest BCUT2D eigenvalue weighted by Gasteiger charge is 2.25. The van der Waals surface area contributed by atoms with E-state index >= 15 is 0 Å². The van der Waals surface area contributed by atoms with Crippen LogP contribution in [0.25, 0.3) is 0 Å². The number of nitrogens with zero attached hydrogens (tertiary/aromatic N) is 4. The molecule has 0 aromatic carbocycles. The largest absolute Gasteiger partial charge is 0.370 e. The van der Waals surface area contributed by atoms with Crippen molar-refractivity contribution in [3.05, 3.63) is 35.9 Å². The minimum Gasteiger partial charge on any atom is -0.370 e. The van der Waals surface area contributed by atoms with Crippen LogP contribution in [-0.4, -0.2) is 29.1 Å². The summed E-state index contributed by atoms with van der Waals surface area (Å²) in [6, 6.07) is 7.31. The van der Waals surface area contributed by atoms with Gasteiger partial charge in [0.1, 0.15) is 17.5 Å². The normalized spacial score (nSPS) is 15.2. The first-order valence-electron chi connectivity index (χ1n) is 7.51. The summed E-state index contributed by atoms with van der Waals surface area (Å²) in [7, 11) is 0. The maximum absolute atomic E-state index is 12.2. The summed E-state index contributed by atoms with van der Waals surface area (Å²) in [5.74, 6) is 1.08. The molecule has 1 aliphatic rings. The molecule has 1 fully saturated rings.